The average Bonchev–Trinajstić information content (AvgIpc) is 2.78. The number of rotatable bonds is 8. The van der Waals surface area contributed by atoms with E-state index in [0.717, 1.165) is 16.9 Å². The summed E-state index contributed by atoms with van der Waals surface area (Å²) < 4.78 is 16.1. The zero-order valence-corrected chi connectivity index (χ0v) is 16.3. The van der Waals surface area contributed by atoms with Gasteiger partial charge in [0.2, 0.25) is 0 Å². The lowest BCUT2D eigenvalue weighted by Crippen LogP contribution is -2.17. The van der Waals surface area contributed by atoms with Gasteiger partial charge in [-0.15, -0.1) is 0 Å². The summed E-state index contributed by atoms with van der Waals surface area (Å²) in [5.41, 5.74) is 4.87. The first-order chi connectivity index (χ1) is 14.2. The third kappa shape index (κ3) is 5.59. The molecule has 6 heteroatoms. The van der Waals surface area contributed by atoms with Gasteiger partial charge >= 0.3 is 0 Å². The standard InChI is InChI=1S/C23H22N2O4/c1-27-21-13-10-19(14-22(21)28-2)23(26)25-24-15-17-8-11-20(12-9-17)29-16-18-6-4-3-5-7-18/h3-15H,16H2,1-2H3,(H,25,26)/b24-15-. The molecule has 0 fully saturated rings. The maximum atomic E-state index is 12.2. The molecular weight excluding hydrogens is 368 g/mol. The van der Waals surface area contributed by atoms with E-state index < -0.39 is 0 Å². The molecule has 0 atom stereocenters. The minimum atomic E-state index is -0.343. The lowest BCUT2D eigenvalue weighted by atomic mass is 10.2. The number of benzene rings is 3. The number of hydrazone groups is 1. The summed E-state index contributed by atoms with van der Waals surface area (Å²) >= 11 is 0. The fourth-order valence-electron chi connectivity index (χ4n) is 2.60. The van der Waals surface area contributed by atoms with Crippen molar-refractivity contribution in [2.24, 2.45) is 5.10 Å². The van der Waals surface area contributed by atoms with E-state index in [4.69, 9.17) is 14.2 Å². The molecule has 29 heavy (non-hydrogen) atoms. The molecule has 0 aliphatic rings. The van der Waals surface area contributed by atoms with Crippen molar-refractivity contribution in [3.63, 3.8) is 0 Å². The van der Waals surface area contributed by atoms with Crippen molar-refractivity contribution < 1.29 is 19.0 Å². The maximum absolute atomic E-state index is 12.2. The van der Waals surface area contributed by atoms with E-state index in [1.54, 1.807) is 31.5 Å². The predicted molar refractivity (Wildman–Crippen MR) is 112 cm³/mol. The van der Waals surface area contributed by atoms with E-state index in [9.17, 15) is 4.79 Å². The van der Waals surface area contributed by atoms with Crippen LogP contribution in [-0.2, 0) is 6.61 Å². The fourth-order valence-corrected chi connectivity index (χ4v) is 2.60. The van der Waals surface area contributed by atoms with Crippen LogP contribution in [-0.4, -0.2) is 26.3 Å². The van der Waals surface area contributed by atoms with Crippen LogP contribution < -0.4 is 19.6 Å². The van der Waals surface area contributed by atoms with Gasteiger partial charge in [-0.1, -0.05) is 30.3 Å². The number of hydrogen-bond acceptors (Lipinski definition) is 5. The third-order valence-corrected chi connectivity index (χ3v) is 4.15. The number of carbonyl (C=O) groups excluding carboxylic acids is 1. The van der Waals surface area contributed by atoms with Crippen molar-refractivity contribution in [3.05, 3.63) is 89.5 Å². The van der Waals surface area contributed by atoms with Crippen LogP contribution in [0.1, 0.15) is 21.5 Å². The largest absolute Gasteiger partial charge is 0.493 e. The van der Waals surface area contributed by atoms with Crippen LogP contribution in [0.15, 0.2) is 77.9 Å². The van der Waals surface area contributed by atoms with Gasteiger partial charge in [-0.2, -0.15) is 5.10 Å². The molecule has 0 heterocycles. The monoisotopic (exact) mass is 390 g/mol. The Kier molecular flexibility index (Phi) is 6.84. The minimum Gasteiger partial charge on any atom is -0.493 e. The predicted octanol–water partition coefficient (Wildman–Crippen LogP) is 4.05. The first-order valence-corrected chi connectivity index (χ1v) is 9.02. The van der Waals surface area contributed by atoms with Crippen molar-refractivity contribution in [1.29, 1.82) is 0 Å². The average molecular weight is 390 g/mol. The lowest BCUT2D eigenvalue weighted by molar-refractivity contribution is 0.0954. The molecule has 3 aromatic carbocycles. The Bertz CT molecular complexity index is 970. The summed E-state index contributed by atoms with van der Waals surface area (Å²) in [6.45, 7) is 0.510. The summed E-state index contributed by atoms with van der Waals surface area (Å²) in [4.78, 5) is 12.2. The summed E-state index contributed by atoms with van der Waals surface area (Å²) in [7, 11) is 3.06. The first kappa shape index (κ1) is 19.9. The van der Waals surface area contributed by atoms with E-state index >= 15 is 0 Å². The van der Waals surface area contributed by atoms with Crippen molar-refractivity contribution in [2.45, 2.75) is 6.61 Å². The highest BCUT2D eigenvalue weighted by atomic mass is 16.5. The van der Waals surface area contributed by atoms with Crippen molar-refractivity contribution >= 4 is 12.1 Å². The zero-order valence-electron chi connectivity index (χ0n) is 16.3. The molecule has 148 valence electrons. The van der Waals surface area contributed by atoms with Crippen molar-refractivity contribution in [1.82, 2.24) is 5.43 Å². The summed E-state index contributed by atoms with van der Waals surface area (Å²) in [6, 6.07) is 22.3. The number of nitrogens with one attached hydrogen (secondary N) is 1. The molecule has 0 aliphatic heterocycles. The van der Waals surface area contributed by atoms with E-state index in [2.05, 4.69) is 10.5 Å². The molecule has 1 N–H and O–H groups in total. The second-order valence-electron chi connectivity index (χ2n) is 6.11. The van der Waals surface area contributed by atoms with Crippen LogP contribution in [0.4, 0.5) is 0 Å². The molecule has 0 saturated carbocycles. The van der Waals surface area contributed by atoms with Gasteiger partial charge < -0.3 is 14.2 Å². The third-order valence-electron chi connectivity index (χ3n) is 4.15. The molecule has 0 bridgehead atoms. The Morgan fingerprint density at radius 1 is 0.931 bits per heavy atom. The van der Waals surface area contributed by atoms with Gasteiger partial charge in [0.25, 0.3) is 5.91 Å². The van der Waals surface area contributed by atoms with Crippen LogP contribution in [0.25, 0.3) is 0 Å². The van der Waals surface area contributed by atoms with Crippen molar-refractivity contribution in [3.8, 4) is 17.2 Å². The number of hydrogen-bond donors (Lipinski definition) is 1. The molecule has 0 radical (unpaired) electrons. The van der Waals surface area contributed by atoms with Crippen LogP contribution in [0.2, 0.25) is 0 Å². The Labute approximate surface area is 169 Å². The second-order valence-corrected chi connectivity index (χ2v) is 6.11. The summed E-state index contributed by atoms with van der Waals surface area (Å²) in [5.74, 6) is 1.46. The Morgan fingerprint density at radius 3 is 2.34 bits per heavy atom. The lowest BCUT2D eigenvalue weighted by Gasteiger charge is -2.08. The highest BCUT2D eigenvalue weighted by Gasteiger charge is 2.09. The molecule has 0 unspecified atom stereocenters. The Morgan fingerprint density at radius 2 is 1.66 bits per heavy atom. The van der Waals surface area contributed by atoms with Crippen LogP contribution in [0.5, 0.6) is 17.2 Å². The summed E-state index contributed by atoms with van der Waals surface area (Å²) in [6.07, 6.45) is 1.57. The molecule has 0 aliphatic carbocycles. The van der Waals surface area contributed by atoms with Gasteiger partial charge in [-0.3, -0.25) is 4.79 Å². The molecule has 3 aromatic rings. The topological polar surface area (TPSA) is 69.2 Å². The molecule has 0 aromatic heterocycles. The maximum Gasteiger partial charge on any atom is 0.271 e. The van der Waals surface area contributed by atoms with Crippen LogP contribution in [0.3, 0.4) is 0 Å². The van der Waals surface area contributed by atoms with E-state index in [-0.39, 0.29) is 5.91 Å². The highest BCUT2D eigenvalue weighted by molar-refractivity contribution is 5.95. The van der Waals surface area contributed by atoms with Crippen LogP contribution >= 0.6 is 0 Å². The Balaban J connectivity index is 1.54. The number of amides is 1. The normalized spacial score (nSPS) is 10.6. The Hall–Kier alpha value is -3.80. The molecule has 1 amide bonds. The van der Waals surface area contributed by atoms with Crippen LogP contribution in [0, 0.1) is 0 Å². The molecular formula is C23H22N2O4. The highest BCUT2D eigenvalue weighted by Crippen LogP contribution is 2.27. The van der Waals surface area contributed by atoms with Gasteiger partial charge in [0.05, 0.1) is 20.4 Å². The smallest absolute Gasteiger partial charge is 0.271 e. The number of carbonyl (C=O) groups is 1. The number of ether oxygens (including phenoxy) is 3. The minimum absolute atomic E-state index is 0.343. The van der Waals surface area contributed by atoms with E-state index in [0.29, 0.717) is 23.7 Å². The SMILES string of the molecule is COc1ccc(C(=O)N/N=C\c2ccc(OCc3ccccc3)cc2)cc1OC. The van der Waals surface area contributed by atoms with Gasteiger partial charge in [0, 0.05) is 5.56 Å². The zero-order chi connectivity index (χ0) is 20.5. The van der Waals surface area contributed by atoms with Crippen molar-refractivity contribution in [2.75, 3.05) is 14.2 Å². The van der Waals surface area contributed by atoms with Gasteiger partial charge in [-0.25, -0.2) is 5.43 Å². The van der Waals surface area contributed by atoms with Gasteiger partial charge in [0.15, 0.2) is 11.5 Å². The van der Waals surface area contributed by atoms with Gasteiger partial charge in [0.1, 0.15) is 12.4 Å². The molecule has 6 nitrogen and oxygen atoms in total. The number of nitrogens with zero attached hydrogens (tertiary/aromatic N) is 1. The van der Waals surface area contributed by atoms with Gasteiger partial charge in [-0.05, 0) is 53.6 Å². The van der Waals surface area contributed by atoms with E-state index in [1.165, 1.54) is 7.11 Å². The first-order valence-electron chi connectivity index (χ1n) is 9.02. The quantitative estimate of drug-likeness (QED) is 0.465. The number of methoxy groups -OCH3 is 2. The van der Waals surface area contributed by atoms with E-state index in [1.807, 2.05) is 54.6 Å². The second kappa shape index (κ2) is 9.94. The fraction of sp³-hybridized carbons (Fsp3) is 0.130. The summed E-state index contributed by atoms with van der Waals surface area (Å²) in [5, 5.41) is 4.00. The molecule has 3 rings (SSSR count). The molecule has 0 spiro atoms. The molecule has 0 saturated heterocycles.